The summed E-state index contributed by atoms with van der Waals surface area (Å²) in [6, 6.07) is 12.1. The molecule has 0 unspecified atom stereocenters. The van der Waals surface area contributed by atoms with Crippen LogP contribution in [0, 0.1) is 11.3 Å². The van der Waals surface area contributed by atoms with E-state index >= 15 is 0 Å². The van der Waals surface area contributed by atoms with Crippen LogP contribution >= 0.6 is 0 Å². The van der Waals surface area contributed by atoms with Crippen LogP contribution in [-0.4, -0.2) is 31.7 Å². The number of benzene rings is 1. The van der Waals surface area contributed by atoms with Crippen LogP contribution in [0.5, 0.6) is 0 Å². The van der Waals surface area contributed by atoms with Gasteiger partial charge in [-0.1, -0.05) is 18.2 Å². The number of hydrogen-bond acceptors (Lipinski definition) is 4. The molecule has 6 nitrogen and oxygen atoms in total. The normalized spacial score (nSPS) is 26.0. The van der Waals surface area contributed by atoms with Gasteiger partial charge >= 0.3 is 0 Å². The summed E-state index contributed by atoms with van der Waals surface area (Å²) < 4.78 is 32.2. The molecule has 2 heterocycles. The summed E-state index contributed by atoms with van der Waals surface area (Å²) in [7, 11) is -3.48. The van der Waals surface area contributed by atoms with Gasteiger partial charge in [-0.2, -0.15) is 4.31 Å². The highest BCUT2D eigenvalue weighted by Gasteiger charge is 2.62. The number of furan rings is 1. The van der Waals surface area contributed by atoms with Crippen molar-refractivity contribution in [2.24, 2.45) is 11.3 Å². The molecule has 1 N–H and O–H groups in total. The van der Waals surface area contributed by atoms with E-state index in [9.17, 15) is 13.2 Å². The first-order valence-electron chi connectivity index (χ1n) is 8.37. The van der Waals surface area contributed by atoms with Crippen LogP contribution in [0.3, 0.4) is 0 Å². The van der Waals surface area contributed by atoms with Crippen molar-refractivity contribution < 1.29 is 17.6 Å². The summed E-state index contributed by atoms with van der Waals surface area (Å²) in [4.78, 5) is 12.7. The van der Waals surface area contributed by atoms with Gasteiger partial charge in [0.05, 0.1) is 17.7 Å². The third-order valence-electron chi connectivity index (χ3n) is 5.25. The van der Waals surface area contributed by atoms with E-state index < -0.39 is 10.0 Å². The van der Waals surface area contributed by atoms with Gasteiger partial charge in [0.1, 0.15) is 5.76 Å². The van der Waals surface area contributed by atoms with Crippen molar-refractivity contribution in [3.8, 4) is 0 Å². The van der Waals surface area contributed by atoms with E-state index in [0.717, 1.165) is 12.8 Å². The van der Waals surface area contributed by atoms with E-state index in [4.69, 9.17) is 4.42 Å². The molecule has 1 saturated carbocycles. The molecule has 4 rings (SSSR count). The zero-order valence-corrected chi connectivity index (χ0v) is 14.5. The molecule has 1 aromatic heterocycles. The molecular formula is C18H20N2O4S. The van der Waals surface area contributed by atoms with Crippen molar-refractivity contribution in [2.75, 3.05) is 13.1 Å². The third-order valence-corrected chi connectivity index (χ3v) is 7.11. The third kappa shape index (κ3) is 2.98. The molecule has 1 spiro atoms. The molecule has 1 aromatic carbocycles. The minimum absolute atomic E-state index is 0.0182. The van der Waals surface area contributed by atoms with Crippen LogP contribution in [0.2, 0.25) is 0 Å². The molecule has 2 fully saturated rings. The molecule has 1 aliphatic heterocycles. The van der Waals surface area contributed by atoms with Gasteiger partial charge in [0.15, 0.2) is 0 Å². The Labute approximate surface area is 146 Å². The number of nitrogens with one attached hydrogen (secondary N) is 1. The number of carbonyl (C=O) groups excluding carboxylic acids is 1. The fraction of sp³-hybridized carbons (Fsp3) is 0.389. The standard InChI is InChI=1S/C18H20N2O4S/c21-17(19-12-14-5-4-10-24-14)16-11-18(16)8-9-20(13-18)25(22,23)15-6-2-1-3-7-15/h1-7,10,16H,8-9,11-13H2,(H,19,21)/t16-,18+/m0/s1. The Hall–Kier alpha value is -2.12. The quantitative estimate of drug-likeness (QED) is 0.884. The minimum atomic E-state index is -3.48. The summed E-state index contributed by atoms with van der Waals surface area (Å²) in [6.45, 7) is 1.26. The highest BCUT2D eigenvalue weighted by Crippen LogP contribution is 2.59. The Bertz CT molecular complexity index is 864. The maximum atomic E-state index is 12.7. The lowest BCUT2D eigenvalue weighted by molar-refractivity contribution is -0.123. The Morgan fingerprint density at radius 1 is 1.24 bits per heavy atom. The number of amides is 1. The van der Waals surface area contributed by atoms with Crippen molar-refractivity contribution in [3.63, 3.8) is 0 Å². The van der Waals surface area contributed by atoms with Gasteiger partial charge in [-0.05, 0) is 42.5 Å². The predicted octanol–water partition coefficient (Wildman–Crippen LogP) is 2.00. The van der Waals surface area contributed by atoms with Crippen LogP contribution in [0.25, 0.3) is 0 Å². The largest absolute Gasteiger partial charge is 0.467 e. The summed E-state index contributed by atoms with van der Waals surface area (Å²) in [6.07, 6.45) is 3.05. The zero-order valence-electron chi connectivity index (χ0n) is 13.7. The molecule has 2 aliphatic rings. The maximum absolute atomic E-state index is 12.7. The minimum Gasteiger partial charge on any atom is -0.467 e. The van der Waals surface area contributed by atoms with Crippen LogP contribution in [-0.2, 0) is 21.4 Å². The first-order valence-corrected chi connectivity index (χ1v) is 9.81. The number of nitrogens with zero attached hydrogens (tertiary/aromatic N) is 1. The number of sulfonamides is 1. The van der Waals surface area contributed by atoms with Gasteiger partial charge in [-0.15, -0.1) is 0 Å². The van der Waals surface area contributed by atoms with E-state index in [0.29, 0.717) is 30.3 Å². The summed E-state index contributed by atoms with van der Waals surface area (Å²) in [5.41, 5.74) is -0.199. The fourth-order valence-electron chi connectivity index (χ4n) is 3.68. The van der Waals surface area contributed by atoms with Gasteiger partial charge in [0.25, 0.3) is 0 Å². The van der Waals surface area contributed by atoms with Crippen LogP contribution < -0.4 is 5.32 Å². The van der Waals surface area contributed by atoms with E-state index in [-0.39, 0.29) is 17.2 Å². The summed E-state index contributed by atoms with van der Waals surface area (Å²) in [5.74, 6) is 0.580. The van der Waals surface area contributed by atoms with E-state index in [1.807, 2.05) is 6.07 Å². The molecular weight excluding hydrogens is 340 g/mol. The first-order chi connectivity index (χ1) is 12.0. The van der Waals surface area contributed by atoms with Gasteiger partial charge < -0.3 is 9.73 Å². The van der Waals surface area contributed by atoms with Gasteiger partial charge in [0.2, 0.25) is 15.9 Å². The number of hydrogen-bond donors (Lipinski definition) is 1. The monoisotopic (exact) mass is 360 g/mol. The number of rotatable bonds is 5. The molecule has 25 heavy (non-hydrogen) atoms. The van der Waals surface area contributed by atoms with E-state index in [1.165, 1.54) is 4.31 Å². The predicted molar refractivity (Wildman–Crippen MR) is 90.9 cm³/mol. The Kier molecular flexibility index (Phi) is 3.92. The highest BCUT2D eigenvalue weighted by atomic mass is 32.2. The maximum Gasteiger partial charge on any atom is 0.243 e. The smallest absolute Gasteiger partial charge is 0.243 e. The molecule has 2 aromatic rings. The Morgan fingerprint density at radius 2 is 2.04 bits per heavy atom. The molecule has 0 bridgehead atoms. The molecule has 132 valence electrons. The Balaban J connectivity index is 1.39. The fourth-order valence-corrected chi connectivity index (χ4v) is 5.24. The average Bonchev–Trinajstić information content (AvgIpc) is 2.96. The van der Waals surface area contributed by atoms with E-state index in [1.54, 1.807) is 42.7 Å². The van der Waals surface area contributed by atoms with Crippen molar-refractivity contribution in [1.29, 1.82) is 0 Å². The second-order valence-corrected chi connectivity index (χ2v) is 8.76. The number of carbonyl (C=O) groups is 1. The van der Waals surface area contributed by atoms with Crippen molar-refractivity contribution in [2.45, 2.75) is 24.3 Å². The lowest BCUT2D eigenvalue weighted by atomic mass is 10.0. The average molecular weight is 360 g/mol. The van der Waals surface area contributed by atoms with Crippen molar-refractivity contribution in [1.82, 2.24) is 9.62 Å². The summed E-state index contributed by atoms with van der Waals surface area (Å²) >= 11 is 0. The SMILES string of the molecule is O=C(NCc1ccco1)[C@@H]1C[C@@]12CCN(S(=O)(=O)c1ccccc1)C2. The zero-order chi connectivity index (χ0) is 17.5. The van der Waals surface area contributed by atoms with E-state index in [2.05, 4.69) is 5.32 Å². The van der Waals surface area contributed by atoms with Crippen LogP contribution in [0.1, 0.15) is 18.6 Å². The molecule has 7 heteroatoms. The van der Waals surface area contributed by atoms with Crippen LogP contribution in [0.15, 0.2) is 58.0 Å². The van der Waals surface area contributed by atoms with Crippen LogP contribution in [0.4, 0.5) is 0 Å². The molecule has 0 radical (unpaired) electrons. The lowest BCUT2D eigenvalue weighted by Gasteiger charge is -2.16. The van der Waals surface area contributed by atoms with Gasteiger partial charge in [-0.3, -0.25) is 4.79 Å². The second-order valence-electron chi connectivity index (χ2n) is 6.82. The van der Waals surface area contributed by atoms with Crippen molar-refractivity contribution >= 4 is 15.9 Å². The molecule has 1 aliphatic carbocycles. The topological polar surface area (TPSA) is 79.6 Å². The van der Waals surface area contributed by atoms with Gasteiger partial charge in [-0.25, -0.2) is 8.42 Å². The Morgan fingerprint density at radius 3 is 2.76 bits per heavy atom. The highest BCUT2D eigenvalue weighted by molar-refractivity contribution is 7.89. The molecule has 1 saturated heterocycles. The first kappa shape index (κ1) is 16.4. The second kappa shape index (κ2) is 6.00. The van der Waals surface area contributed by atoms with Gasteiger partial charge in [0, 0.05) is 19.0 Å². The lowest BCUT2D eigenvalue weighted by Crippen LogP contribution is -2.31. The van der Waals surface area contributed by atoms with Crippen molar-refractivity contribution in [3.05, 3.63) is 54.5 Å². The molecule has 2 atom stereocenters. The molecule has 1 amide bonds. The summed E-state index contributed by atoms with van der Waals surface area (Å²) in [5, 5.41) is 2.88.